The van der Waals surface area contributed by atoms with Gasteiger partial charge in [0.1, 0.15) is 0 Å². The number of rotatable bonds is 4. The van der Waals surface area contributed by atoms with Crippen molar-refractivity contribution in [3.63, 3.8) is 0 Å². The topological polar surface area (TPSA) is 88.9 Å². The number of hydrogen-bond acceptors (Lipinski definition) is 4. The number of amides is 2. The standard InChI is InChI=1S/C22H25N5O2/c1-14-8-6-11-18(12-14)27-15(2)19(25-26-27)20(28)23-16-9-7-10-17(13-16)24-21(29)22(3,4)5/h6-13H,1-5H3,(H,23,28)(H,24,29). The number of carbonyl (C=O) groups is 2. The van der Waals surface area contributed by atoms with Crippen LogP contribution in [0.1, 0.15) is 42.5 Å². The molecule has 7 heteroatoms. The first kappa shape index (κ1) is 20.3. The maximum Gasteiger partial charge on any atom is 0.278 e. The van der Waals surface area contributed by atoms with Gasteiger partial charge in [-0.05, 0) is 49.7 Å². The molecule has 2 amide bonds. The molecule has 0 aliphatic carbocycles. The van der Waals surface area contributed by atoms with Crippen LogP contribution in [0.4, 0.5) is 11.4 Å². The zero-order valence-corrected chi connectivity index (χ0v) is 17.3. The van der Waals surface area contributed by atoms with Crippen LogP contribution >= 0.6 is 0 Å². The normalized spacial score (nSPS) is 11.2. The third-order valence-electron chi connectivity index (χ3n) is 4.42. The Labute approximate surface area is 170 Å². The van der Waals surface area contributed by atoms with Crippen LogP contribution < -0.4 is 10.6 Å². The fourth-order valence-corrected chi connectivity index (χ4v) is 2.73. The molecule has 1 aromatic heterocycles. The van der Waals surface area contributed by atoms with Gasteiger partial charge in [0.25, 0.3) is 5.91 Å². The Morgan fingerprint density at radius 3 is 2.24 bits per heavy atom. The second kappa shape index (κ2) is 7.87. The molecular weight excluding hydrogens is 366 g/mol. The van der Waals surface area contributed by atoms with Crippen molar-refractivity contribution < 1.29 is 9.59 Å². The number of carbonyl (C=O) groups excluding carboxylic acids is 2. The SMILES string of the molecule is Cc1cccc(-n2nnc(C(=O)Nc3cccc(NC(=O)C(C)(C)C)c3)c2C)c1. The lowest BCUT2D eigenvalue weighted by Gasteiger charge is -2.18. The number of aryl methyl sites for hydroxylation is 1. The van der Waals surface area contributed by atoms with Crippen molar-refractivity contribution in [1.82, 2.24) is 15.0 Å². The highest BCUT2D eigenvalue weighted by Crippen LogP contribution is 2.21. The Balaban J connectivity index is 1.78. The molecule has 0 aliphatic rings. The van der Waals surface area contributed by atoms with Gasteiger partial charge >= 0.3 is 0 Å². The van der Waals surface area contributed by atoms with Gasteiger partial charge < -0.3 is 10.6 Å². The summed E-state index contributed by atoms with van der Waals surface area (Å²) in [5.41, 5.74) is 3.50. The summed E-state index contributed by atoms with van der Waals surface area (Å²) in [5.74, 6) is -0.460. The van der Waals surface area contributed by atoms with E-state index in [4.69, 9.17) is 0 Å². The van der Waals surface area contributed by atoms with E-state index < -0.39 is 5.41 Å². The molecule has 29 heavy (non-hydrogen) atoms. The molecule has 0 saturated carbocycles. The third-order valence-corrected chi connectivity index (χ3v) is 4.42. The Kier molecular flexibility index (Phi) is 5.50. The van der Waals surface area contributed by atoms with Gasteiger partial charge in [-0.2, -0.15) is 0 Å². The van der Waals surface area contributed by atoms with Crippen LogP contribution in [0.2, 0.25) is 0 Å². The van der Waals surface area contributed by atoms with Crippen LogP contribution in [0.5, 0.6) is 0 Å². The fraction of sp³-hybridized carbons (Fsp3) is 0.273. The molecule has 0 radical (unpaired) electrons. The van der Waals surface area contributed by atoms with E-state index in [0.717, 1.165) is 11.3 Å². The van der Waals surface area contributed by atoms with Crippen molar-refractivity contribution in [2.45, 2.75) is 34.6 Å². The second-order valence-corrected chi connectivity index (χ2v) is 8.01. The van der Waals surface area contributed by atoms with Crippen molar-refractivity contribution in [2.24, 2.45) is 5.41 Å². The average Bonchev–Trinajstić information content (AvgIpc) is 3.03. The number of hydrogen-bond donors (Lipinski definition) is 2. The first-order valence-corrected chi connectivity index (χ1v) is 9.37. The number of nitrogens with zero attached hydrogens (tertiary/aromatic N) is 3. The van der Waals surface area contributed by atoms with Gasteiger partial charge in [0.15, 0.2) is 5.69 Å². The molecule has 2 aromatic carbocycles. The summed E-state index contributed by atoms with van der Waals surface area (Å²) in [6, 6.07) is 14.8. The van der Waals surface area contributed by atoms with Gasteiger partial charge in [0, 0.05) is 16.8 Å². The van der Waals surface area contributed by atoms with Crippen LogP contribution in [-0.4, -0.2) is 26.8 Å². The Bertz CT molecular complexity index is 1060. The lowest BCUT2D eigenvalue weighted by molar-refractivity contribution is -0.123. The van der Waals surface area contributed by atoms with E-state index in [1.165, 1.54) is 0 Å². The molecule has 7 nitrogen and oxygen atoms in total. The van der Waals surface area contributed by atoms with Crippen LogP contribution in [0.15, 0.2) is 48.5 Å². The second-order valence-electron chi connectivity index (χ2n) is 8.01. The van der Waals surface area contributed by atoms with Crippen molar-refractivity contribution in [3.05, 3.63) is 65.5 Å². The van der Waals surface area contributed by atoms with Gasteiger partial charge in [-0.15, -0.1) is 5.10 Å². The van der Waals surface area contributed by atoms with Crippen molar-refractivity contribution in [1.29, 1.82) is 0 Å². The molecule has 2 N–H and O–H groups in total. The molecule has 3 rings (SSSR count). The molecule has 0 atom stereocenters. The van der Waals surface area contributed by atoms with Crippen molar-refractivity contribution in [2.75, 3.05) is 10.6 Å². The van der Waals surface area contributed by atoms with Crippen LogP contribution in [0.3, 0.4) is 0 Å². The maximum atomic E-state index is 12.7. The number of aromatic nitrogens is 3. The Hall–Kier alpha value is -3.48. The number of nitrogens with one attached hydrogen (secondary N) is 2. The van der Waals surface area contributed by atoms with Crippen LogP contribution in [-0.2, 0) is 4.79 Å². The lowest BCUT2D eigenvalue weighted by atomic mass is 9.95. The molecule has 0 aliphatic heterocycles. The zero-order valence-electron chi connectivity index (χ0n) is 17.3. The zero-order chi connectivity index (χ0) is 21.2. The monoisotopic (exact) mass is 391 g/mol. The lowest BCUT2D eigenvalue weighted by Crippen LogP contribution is -2.27. The van der Waals surface area contributed by atoms with E-state index in [1.54, 1.807) is 35.9 Å². The average molecular weight is 391 g/mol. The maximum absolute atomic E-state index is 12.7. The Morgan fingerprint density at radius 1 is 0.931 bits per heavy atom. The van der Waals surface area contributed by atoms with Gasteiger partial charge in [0.2, 0.25) is 5.91 Å². The molecule has 1 heterocycles. The first-order valence-electron chi connectivity index (χ1n) is 9.37. The van der Waals surface area contributed by atoms with Gasteiger partial charge in [-0.3, -0.25) is 9.59 Å². The smallest absolute Gasteiger partial charge is 0.278 e. The van der Waals surface area contributed by atoms with E-state index in [9.17, 15) is 9.59 Å². The van der Waals surface area contributed by atoms with E-state index >= 15 is 0 Å². The molecular formula is C22H25N5O2. The minimum Gasteiger partial charge on any atom is -0.326 e. The predicted octanol–water partition coefficient (Wildman–Crippen LogP) is 4.12. The molecule has 0 saturated heterocycles. The molecule has 0 spiro atoms. The largest absolute Gasteiger partial charge is 0.326 e. The van der Waals surface area contributed by atoms with E-state index in [-0.39, 0.29) is 17.5 Å². The van der Waals surface area contributed by atoms with E-state index in [1.807, 2.05) is 52.0 Å². The number of anilines is 2. The summed E-state index contributed by atoms with van der Waals surface area (Å²) in [5, 5.41) is 13.9. The highest BCUT2D eigenvalue weighted by Gasteiger charge is 2.21. The van der Waals surface area contributed by atoms with Gasteiger partial charge in [-0.25, -0.2) is 4.68 Å². The molecule has 150 valence electrons. The highest BCUT2D eigenvalue weighted by atomic mass is 16.2. The number of benzene rings is 2. The summed E-state index contributed by atoms with van der Waals surface area (Å²) in [6.07, 6.45) is 0. The molecule has 0 unspecified atom stereocenters. The predicted molar refractivity (Wildman–Crippen MR) is 113 cm³/mol. The summed E-state index contributed by atoms with van der Waals surface area (Å²) in [7, 11) is 0. The minimum atomic E-state index is -0.509. The quantitative estimate of drug-likeness (QED) is 0.700. The van der Waals surface area contributed by atoms with Gasteiger partial charge in [0.05, 0.1) is 11.4 Å². The van der Waals surface area contributed by atoms with Gasteiger partial charge in [-0.1, -0.05) is 44.2 Å². The van der Waals surface area contributed by atoms with Crippen LogP contribution in [0, 0.1) is 19.3 Å². The fourth-order valence-electron chi connectivity index (χ4n) is 2.73. The first-order chi connectivity index (χ1) is 13.6. The van der Waals surface area contributed by atoms with Crippen LogP contribution in [0.25, 0.3) is 5.69 Å². The summed E-state index contributed by atoms with van der Waals surface area (Å²) < 4.78 is 1.64. The summed E-state index contributed by atoms with van der Waals surface area (Å²) in [6.45, 7) is 9.32. The van der Waals surface area contributed by atoms with E-state index in [2.05, 4.69) is 20.9 Å². The molecule has 0 bridgehead atoms. The van der Waals surface area contributed by atoms with E-state index in [0.29, 0.717) is 17.1 Å². The summed E-state index contributed by atoms with van der Waals surface area (Å²) >= 11 is 0. The third kappa shape index (κ3) is 4.68. The van der Waals surface area contributed by atoms with Crippen molar-refractivity contribution in [3.8, 4) is 5.69 Å². The molecule has 0 fully saturated rings. The minimum absolute atomic E-state index is 0.0991. The van der Waals surface area contributed by atoms with Crippen molar-refractivity contribution >= 4 is 23.2 Å². The Morgan fingerprint density at radius 2 is 1.59 bits per heavy atom. The highest BCUT2D eigenvalue weighted by molar-refractivity contribution is 6.04. The molecule has 3 aromatic rings. The summed E-state index contributed by atoms with van der Waals surface area (Å²) in [4.78, 5) is 24.9.